The number of carboxylic acids is 1. The number of carboxylic acid groups (broad SMARTS) is 1. The summed E-state index contributed by atoms with van der Waals surface area (Å²) in [6.45, 7) is 3.83. The van der Waals surface area contributed by atoms with Gasteiger partial charge >= 0.3 is 29.6 Å². The van der Waals surface area contributed by atoms with Crippen LogP contribution in [0.5, 0.6) is 0 Å². The summed E-state index contributed by atoms with van der Waals surface area (Å²) in [5, 5.41) is 10.3. The van der Waals surface area contributed by atoms with Crippen molar-refractivity contribution < 1.29 is 39.5 Å². The molecule has 0 aromatic carbocycles. The van der Waals surface area contributed by atoms with E-state index in [1.54, 1.807) is 6.08 Å². The van der Waals surface area contributed by atoms with E-state index in [4.69, 9.17) is 0 Å². The molecule has 2 nitrogen and oxygen atoms in total. The smallest absolute Gasteiger partial charge is 0.545 e. The molecule has 0 atom stereocenters. The minimum absolute atomic E-state index is 0. The van der Waals surface area contributed by atoms with Crippen LogP contribution in [-0.2, 0) is 4.79 Å². The van der Waals surface area contributed by atoms with Crippen LogP contribution in [0.15, 0.2) is 11.6 Å². The predicted octanol–water partition coefficient (Wildman–Crippen LogP) is -2.12. The Balaban J connectivity index is 0. The van der Waals surface area contributed by atoms with E-state index < -0.39 is 5.97 Å². The molecule has 0 rings (SSSR count). The van der Waals surface area contributed by atoms with E-state index in [1.807, 2.05) is 13.8 Å². The van der Waals surface area contributed by atoms with E-state index in [0.29, 0.717) is 12.0 Å². The predicted molar refractivity (Wildman–Crippen MR) is 38.3 cm³/mol. The van der Waals surface area contributed by atoms with Crippen LogP contribution in [0.4, 0.5) is 0 Å². The number of carbonyl (C=O) groups is 1. The van der Waals surface area contributed by atoms with E-state index in [0.717, 1.165) is 12.8 Å². The first-order valence-corrected chi connectivity index (χ1v) is 3.62. The van der Waals surface area contributed by atoms with E-state index in [-0.39, 0.29) is 29.6 Å². The van der Waals surface area contributed by atoms with Crippen LogP contribution in [0, 0.1) is 0 Å². The van der Waals surface area contributed by atoms with Crippen molar-refractivity contribution in [3.63, 3.8) is 0 Å². The molecule has 0 unspecified atom stereocenters. The first-order valence-electron chi connectivity index (χ1n) is 3.62. The van der Waals surface area contributed by atoms with Crippen LogP contribution in [0.1, 0.15) is 33.1 Å². The Kier molecular flexibility index (Phi) is 10.4. The van der Waals surface area contributed by atoms with Crippen LogP contribution in [-0.4, -0.2) is 5.97 Å². The van der Waals surface area contributed by atoms with Gasteiger partial charge in [-0.3, -0.25) is 0 Å². The minimum Gasteiger partial charge on any atom is -0.545 e. The second kappa shape index (κ2) is 8.31. The summed E-state index contributed by atoms with van der Waals surface area (Å²) in [5.74, 6) is -1.03. The van der Waals surface area contributed by atoms with Gasteiger partial charge in [-0.05, 0) is 18.4 Å². The van der Waals surface area contributed by atoms with Gasteiger partial charge in [-0.1, -0.05) is 26.3 Å². The van der Waals surface area contributed by atoms with Crippen molar-refractivity contribution in [2.45, 2.75) is 33.1 Å². The van der Waals surface area contributed by atoms with Gasteiger partial charge < -0.3 is 9.90 Å². The molecule has 0 amide bonds. The van der Waals surface area contributed by atoms with E-state index in [9.17, 15) is 9.90 Å². The normalized spacial score (nSPS) is 10.5. The first kappa shape index (κ1) is 13.8. The molecular weight excluding hydrogens is 151 g/mol. The molecule has 0 N–H and O–H groups in total. The quantitative estimate of drug-likeness (QED) is 0.352. The van der Waals surface area contributed by atoms with Crippen molar-refractivity contribution in [3.05, 3.63) is 11.6 Å². The van der Waals surface area contributed by atoms with Gasteiger partial charge in [-0.2, -0.15) is 0 Å². The molecule has 0 spiro atoms. The third-order valence-electron chi connectivity index (χ3n) is 1.32. The molecule has 11 heavy (non-hydrogen) atoms. The minimum atomic E-state index is -1.03. The number of unbranched alkanes of at least 4 members (excludes halogenated alkanes) is 1. The zero-order valence-electron chi connectivity index (χ0n) is 7.52. The van der Waals surface area contributed by atoms with Crippen molar-refractivity contribution in [1.29, 1.82) is 0 Å². The van der Waals surface area contributed by atoms with Crippen molar-refractivity contribution in [1.82, 2.24) is 0 Å². The van der Waals surface area contributed by atoms with E-state index >= 15 is 0 Å². The van der Waals surface area contributed by atoms with Crippen molar-refractivity contribution in [2.75, 3.05) is 0 Å². The number of hydrogen-bond acceptors (Lipinski definition) is 2. The van der Waals surface area contributed by atoms with E-state index in [2.05, 4.69) is 0 Å². The van der Waals surface area contributed by atoms with Gasteiger partial charge in [-0.15, -0.1) is 0 Å². The van der Waals surface area contributed by atoms with Crippen LogP contribution >= 0.6 is 0 Å². The maximum absolute atomic E-state index is 10.3. The van der Waals surface area contributed by atoms with Crippen molar-refractivity contribution >= 4 is 5.97 Å². The SMILES string of the molecule is CCC/C=C(\CC)C(=O)[O-].[Na+]. The number of rotatable bonds is 4. The summed E-state index contributed by atoms with van der Waals surface area (Å²) < 4.78 is 0. The molecule has 0 aliphatic heterocycles. The summed E-state index contributed by atoms with van der Waals surface area (Å²) in [7, 11) is 0. The zero-order chi connectivity index (χ0) is 7.98. The number of hydrogen-bond donors (Lipinski definition) is 0. The summed E-state index contributed by atoms with van der Waals surface area (Å²) in [6, 6.07) is 0. The Labute approximate surface area is 90.0 Å². The maximum Gasteiger partial charge on any atom is 1.00 e. The van der Waals surface area contributed by atoms with Crippen LogP contribution < -0.4 is 34.7 Å². The van der Waals surface area contributed by atoms with Gasteiger partial charge in [0, 0.05) is 0 Å². The fourth-order valence-corrected chi connectivity index (χ4v) is 0.691. The maximum atomic E-state index is 10.3. The number of carbonyl (C=O) groups excluding carboxylic acids is 1. The topological polar surface area (TPSA) is 40.1 Å². The zero-order valence-corrected chi connectivity index (χ0v) is 9.52. The molecule has 0 fully saturated rings. The van der Waals surface area contributed by atoms with Crippen molar-refractivity contribution in [3.8, 4) is 0 Å². The molecular formula is C8H13NaO2. The van der Waals surface area contributed by atoms with Gasteiger partial charge in [0.1, 0.15) is 0 Å². The van der Waals surface area contributed by atoms with E-state index in [1.165, 1.54) is 0 Å². The molecule has 0 saturated heterocycles. The first-order chi connectivity index (χ1) is 4.72. The second-order valence-electron chi connectivity index (χ2n) is 2.16. The molecule has 0 aromatic rings. The van der Waals surface area contributed by atoms with Gasteiger partial charge in [0.15, 0.2) is 0 Å². The Hall–Kier alpha value is 0.210. The third-order valence-corrected chi connectivity index (χ3v) is 1.32. The van der Waals surface area contributed by atoms with Crippen LogP contribution in [0.2, 0.25) is 0 Å². The van der Waals surface area contributed by atoms with Gasteiger partial charge in [0.2, 0.25) is 0 Å². The molecule has 3 heteroatoms. The van der Waals surface area contributed by atoms with Gasteiger partial charge in [-0.25, -0.2) is 0 Å². The Morgan fingerprint density at radius 1 is 1.45 bits per heavy atom. The van der Waals surface area contributed by atoms with Crippen LogP contribution in [0.25, 0.3) is 0 Å². The van der Waals surface area contributed by atoms with Crippen LogP contribution in [0.3, 0.4) is 0 Å². The third kappa shape index (κ3) is 6.60. The molecule has 0 aromatic heterocycles. The fourth-order valence-electron chi connectivity index (χ4n) is 0.691. The Morgan fingerprint density at radius 3 is 2.27 bits per heavy atom. The van der Waals surface area contributed by atoms with Gasteiger partial charge in [0.25, 0.3) is 0 Å². The Morgan fingerprint density at radius 2 is 2.00 bits per heavy atom. The standard InChI is InChI=1S/C8H14O2.Na/c1-3-5-6-7(4-2)8(9)10;/h6H,3-5H2,1-2H3,(H,9,10);/q;+1/p-1/b7-6+;. The molecule has 0 saturated carbocycles. The largest absolute Gasteiger partial charge is 1.00 e. The molecule has 0 radical (unpaired) electrons. The summed E-state index contributed by atoms with van der Waals surface area (Å²) in [5.41, 5.74) is 0.418. The molecule has 0 aliphatic rings. The van der Waals surface area contributed by atoms with Gasteiger partial charge in [0.05, 0.1) is 5.97 Å². The molecule has 0 bridgehead atoms. The monoisotopic (exact) mass is 164 g/mol. The fraction of sp³-hybridized carbons (Fsp3) is 0.625. The average molecular weight is 164 g/mol. The van der Waals surface area contributed by atoms with Crippen molar-refractivity contribution in [2.24, 2.45) is 0 Å². The molecule has 0 aliphatic carbocycles. The summed E-state index contributed by atoms with van der Waals surface area (Å²) >= 11 is 0. The average Bonchev–Trinajstić information content (AvgIpc) is 1.89. The number of allylic oxidation sites excluding steroid dienone is 1. The summed E-state index contributed by atoms with van der Waals surface area (Å²) in [6.07, 6.45) is 4.10. The molecule has 0 heterocycles. The summed E-state index contributed by atoms with van der Waals surface area (Å²) in [4.78, 5) is 10.3. The number of aliphatic carboxylic acids is 1. The Bertz CT molecular complexity index is 141. The molecule has 58 valence electrons. The second-order valence-corrected chi connectivity index (χ2v) is 2.16.